The number of pyridine rings is 1. The van der Waals surface area contributed by atoms with Gasteiger partial charge in [0.05, 0.1) is 12.1 Å². The molecule has 1 heterocycles. The standard InChI is InChI=1S/C8H8BrNO3/c9-5-2-1-3-10-8(5)6(11)4-7(12)13/h1-3,6,11H,4H2,(H,12,13)/t6-/m1/s1. The van der Waals surface area contributed by atoms with Crippen LogP contribution in [0.5, 0.6) is 0 Å². The van der Waals surface area contributed by atoms with Crippen molar-refractivity contribution in [2.24, 2.45) is 0 Å². The predicted octanol–water partition coefficient (Wildman–Crippen LogP) is 1.35. The van der Waals surface area contributed by atoms with E-state index in [-0.39, 0.29) is 6.42 Å². The predicted molar refractivity (Wildman–Crippen MR) is 49.1 cm³/mol. The minimum absolute atomic E-state index is 0.338. The van der Waals surface area contributed by atoms with E-state index >= 15 is 0 Å². The third-order valence-electron chi connectivity index (χ3n) is 1.47. The number of aliphatic carboxylic acids is 1. The second-order valence-electron chi connectivity index (χ2n) is 2.48. The number of rotatable bonds is 3. The number of halogens is 1. The van der Waals surface area contributed by atoms with Crippen LogP contribution in [0.15, 0.2) is 22.8 Å². The Morgan fingerprint density at radius 2 is 2.38 bits per heavy atom. The minimum atomic E-state index is -1.06. The van der Waals surface area contributed by atoms with Crippen molar-refractivity contribution in [1.82, 2.24) is 4.98 Å². The van der Waals surface area contributed by atoms with Crippen molar-refractivity contribution in [2.75, 3.05) is 0 Å². The van der Waals surface area contributed by atoms with Crippen LogP contribution < -0.4 is 0 Å². The van der Waals surface area contributed by atoms with Crippen LogP contribution in [-0.4, -0.2) is 21.2 Å². The Kier molecular flexibility index (Phi) is 3.39. The van der Waals surface area contributed by atoms with Gasteiger partial charge in [-0.1, -0.05) is 0 Å². The molecule has 0 bridgehead atoms. The molecule has 0 aliphatic rings. The number of hydrogen-bond donors (Lipinski definition) is 2. The topological polar surface area (TPSA) is 70.4 Å². The van der Waals surface area contributed by atoms with Crippen molar-refractivity contribution in [3.63, 3.8) is 0 Å². The lowest BCUT2D eigenvalue weighted by molar-refractivity contribution is -0.139. The SMILES string of the molecule is O=C(O)C[C@@H](O)c1ncccc1Br. The number of aliphatic hydroxyl groups excluding tert-OH is 1. The molecule has 0 unspecified atom stereocenters. The summed E-state index contributed by atoms with van der Waals surface area (Å²) in [6.45, 7) is 0. The Morgan fingerprint density at radius 1 is 1.69 bits per heavy atom. The molecular formula is C8H8BrNO3. The molecular weight excluding hydrogens is 238 g/mol. The maximum Gasteiger partial charge on any atom is 0.306 e. The van der Waals surface area contributed by atoms with Crippen LogP contribution in [0.4, 0.5) is 0 Å². The molecule has 0 amide bonds. The number of carboxylic acids is 1. The molecule has 1 aromatic rings. The van der Waals surface area contributed by atoms with Crippen molar-refractivity contribution in [3.05, 3.63) is 28.5 Å². The van der Waals surface area contributed by atoms with E-state index in [0.717, 1.165) is 0 Å². The van der Waals surface area contributed by atoms with E-state index in [1.54, 1.807) is 12.1 Å². The molecule has 0 aromatic carbocycles. The molecule has 5 heteroatoms. The van der Waals surface area contributed by atoms with Crippen LogP contribution >= 0.6 is 15.9 Å². The zero-order valence-corrected chi connectivity index (χ0v) is 8.23. The zero-order valence-electron chi connectivity index (χ0n) is 6.64. The first-order chi connectivity index (χ1) is 6.11. The second-order valence-corrected chi connectivity index (χ2v) is 3.34. The lowest BCUT2D eigenvalue weighted by atomic mass is 10.2. The van der Waals surface area contributed by atoms with E-state index < -0.39 is 12.1 Å². The van der Waals surface area contributed by atoms with E-state index in [0.29, 0.717) is 10.2 Å². The highest BCUT2D eigenvalue weighted by Gasteiger charge is 2.15. The number of carbonyl (C=O) groups is 1. The fourth-order valence-corrected chi connectivity index (χ4v) is 1.42. The molecule has 0 aliphatic carbocycles. The summed E-state index contributed by atoms with van der Waals surface area (Å²) in [6.07, 6.45) is 0.105. The molecule has 0 saturated heterocycles. The van der Waals surface area contributed by atoms with Gasteiger partial charge in [-0.2, -0.15) is 0 Å². The number of carboxylic acid groups (broad SMARTS) is 1. The summed E-state index contributed by atoms with van der Waals surface area (Å²) in [7, 11) is 0. The molecule has 0 aliphatic heterocycles. The van der Waals surface area contributed by atoms with Crippen LogP contribution in [0, 0.1) is 0 Å². The van der Waals surface area contributed by atoms with Gasteiger partial charge in [0.25, 0.3) is 0 Å². The summed E-state index contributed by atoms with van der Waals surface area (Å²) in [5.74, 6) is -1.05. The molecule has 13 heavy (non-hydrogen) atoms. The summed E-state index contributed by atoms with van der Waals surface area (Å²) >= 11 is 3.17. The molecule has 0 fully saturated rings. The smallest absolute Gasteiger partial charge is 0.306 e. The average Bonchev–Trinajstić information content (AvgIpc) is 2.03. The largest absolute Gasteiger partial charge is 0.481 e. The third-order valence-corrected chi connectivity index (χ3v) is 2.14. The highest BCUT2D eigenvalue weighted by atomic mass is 79.9. The van der Waals surface area contributed by atoms with Crippen molar-refractivity contribution >= 4 is 21.9 Å². The zero-order chi connectivity index (χ0) is 9.84. The van der Waals surface area contributed by atoms with Gasteiger partial charge in [-0.05, 0) is 28.1 Å². The molecule has 2 N–H and O–H groups in total. The molecule has 1 atom stereocenters. The number of aliphatic hydroxyl groups is 1. The minimum Gasteiger partial charge on any atom is -0.481 e. The maximum absolute atomic E-state index is 10.3. The maximum atomic E-state index is 10.3. The van der Waals surface area contributed by atoms with Crippen LogP contribution in [0.1, 0.15) is 18.2 Å². The lowest BCUT2D eigenvalue weighted by Gasteiger charge is -2.08. The van der Waals surface area contributed by atoms with Gasteiger partial charge in [0.15, 0.2) is 0 Å². The molecule has 4 nitrogen and oxygen atoms in total. The average molecular weight is 246 g/mol. The van der Waals surface area contributed by atoms with Crippen LogP contribution in [0.2, 0.25) is 0 Å². The summed E-state index contributed by atoms with van der Waals surface area (Å²) < 4.78 is 0.615. The molecule has 70 valence electrons. The van der Waals surface area contributed by atoms with Gasteiger partial charge in [-0.3, -0.25) is 9.78 Å². The van der Waals surface area contributed by atoms with E-state index in [1.807, 2.05) is 0 Å². The van der Waals surface area contributed by atoms with Crippen LogP contribution in [-0.2, 0) is 4.79 Å². The lowest BCUT2D eigenvalue weighted by Crippen LogP contribution is -2.07. The number of nitrogens with zero attached hydrogens (tertiary/aromatic N) is 1. The van der Waals surface area contributed by atoms with Gasteiger partial charge in [-0.25, -0.2) is 0 Å². The molecule has 1 rings (SSSR count). The Bertz CT molecular complexity index is 316. The number of aromatic nitrogens is 1. The summed E-state index contributed by atoms with van der Waals surface area (Å²) in [6, 6.07) is 3.40. The Hall–Kier alpha value is -0.940. The summed E-state index contributed by atoms with van der Waals surface area (Å²) in [4.78, 5) is 14.2. The molecule has 0 radical (unpaired) electrons. The summed E-state index contributed by atoms with van der Waals surface area (Å²) in [5.41, 5.74) is 0.352. The van der Waals surface area contributed by atoms with Crippen molar-refractivity contribution in [3.8, 4) is 0 Å². The fourth-order valence-electron chi connectivity index (χ4n) is 0.905. The second kappa shape index (κ2) is 4.34. The highest BCUT2D eigenvalue weighted by molar-refractivity contribution is 9.10. The molecule has 1 aromatic heterocycles. The first-order valence-corrected chi connectivity index (χ1v) is 4.41. The third kappa shape index (κ3) is 2.78. The first kappa shape index (κ1) is 10.1. The first-order valence-electron chi connectivity index (χ1n) is 3.61. The number of hydrogen-bond acceptors (Lipinski definition) is 3. The fraction of sp³-hybridized carbons (Fsp3) is 0.250. The Morgan fingerprint density at radius 3 is 2.92 bits per heavy atom. The van der Waals surface area contributed by atoms with Gasteiger partial charge < -0.3 is 10.2 Å². The summed E-state index contributed by atoms with van der Waals surface area (Å²) in [5, 5.41) is 17.8. The Balaban J connectivity index is 2.82. The van der Waals surface area contributed by atoms with Gasteiger partial charge in [0, 0.05) is 10.7 Å². The normalized spacial score (nSPS) is 12.5. The van der Waals surface area contributed by atoms with Crippen LogP contribution in [0.25, 0.3) is 0 Å². The van der Waals surface area contributed by atoms with E-state index in [2.05, 4.69) is 20.9 Å². The van der Waals surface area contributed by atoms with E-state index in [9.17, 15) is 9.90 Å². The Labute approximate surface area is 83.4 Å². The highest BCUT2D eigenvalue weighted by Crippen LogP contribution is 2.22. The van der Waals surface area contributed by atoms with Gasteiger partial charge in [0.1, 0.15) is 6.10 Å². The van der Waals surface area contributed by atoms with Gasteiger partial charge in [0.2, 0.25) is 0 Å². The van der Waals surface area contributed by atoms with E-state index in [4.69, 9.17) is 5.11 Å². The van der Waals surface area contributed by atoms with Crippen LogP contribution in [0.3, 0.4) is 0 Å². The van der Waals surface area contributed by atoms with Crippen molar-refractivity contribution in [2.45, 2.75) is 12.5 Å². The van der Waals surface area contributed by atoms with E-state index in [1.165, 1.54) is 6.20 Å². The van der Waals surface area contributed by atoms with Crippen molar-refractivity contribution in [1.29, 1.82) is 0 Å². The molecule has 0 saturated carbocycles. The quantitative estimate of drug-likeness (QED) is 0.844. The van der Waals surface area contributed by atoms with Crippen molar-refractivity contribution < 1.29 is 15.0 Å². The van der Waals surface area contributed by atoms with Gasteiger partial charge >= 0.3 is 5.97 Å². The monoisotopic (exact) mass is 245 g/mol. The van der Waals surface area contributed by atoms with Gasteiger partial charge in [-0.15, -0.1) is 0 Å². The molecule has 0 spiro atoms.